The molecule has 0 bridgehead atoms. The lowest BCUT2D eigenvalue weighted by molar-refractivity contribution is 0.0550. The number of carboxylic acids is 1. The van der Waals surface area contributed by atoms with Crippen molar-refractivity contribution in [3.63, 3.8) is 0 Å². The van der Waals surface area contributed by atoms with Crippen LogP contribution in [0.25, 0.3) is 0 Å². The fourth-order valence-corrected chi connectivity index (χ4v) is 3.19. The number of carboxylic acid groups (broad SMARTS) is 1. The molecule has 0 fully saturated rings. The normalized spacial score (nSPS) is 14.1. The minimum absolute atomic E-state index is 0.173. The Balaban J connectivity index is 2.29. The van der Waals surface area contributed by atoms with Crippen LogP contribution in [0.1, 0.15) is 27.7 Å². The number of hydrogen-bond acceptors (Lipinski definition) is 3. The summed E-state index contributed by atoms with van der Waals surface area (Å²) in [5.74, 6) is -1.01. The molecule has 3 nitrogen and oxygen atoms in total. The zero-order valence-electron chi connectivity index (χ0n) is 10.3. The van der Waals surface area contributed by atoms with Crippen LogP contribution in [0.5, 0.6) is 0 Å². The minimum atomic E-state index is -1.18. The summed E-state index contributed by atoms with van der Waals surface area (Å²) in [6.45, 7) is 1.65. The van der Waals surface area contributed by atoms with E-state index in [1.807, 2.05) is 24.3 Å². The highest BCUT2D eigenvalue weighted by Crippen LogP contribution is 2.32. The molecule has 19 heavy (non-hydrogen) atoms. The fourth-order valence-electron chi connectivity index (χ4n) is 1.97. The van der Waals surface area contributed by atoms with Crippen LogP contribution in [0.4, 0.5) is 0 Å². The smallest absolute Gasteiger partial charge is 0.336 e. The predicted octanol–water partition coefficient (Wildman–Crippen LogP) is 3.66. The van der Waals surface area contributed by atoms with Gasteiger partial charge >= 0.3 is 5.97 Å². The molecule has 0 saturated heterocycles. The summed E-state index contributed by atoms with van der Waals surface area (Å²) in [4.78, 5) is 11.6. The number of benzene rings is 1. The van der Waals surface area contributed by atoms with Crippen molar-refractivity contribution in [1.82, 2.24) is 0 Å². The number of aliphatic hydroxyl groups is 1. The maximum absolute atomic E-state index is 11.1. The first-order chi connectivity index (χ1) is 8.90. The molecule has 1 atom stereocenters. The van der Waals surface area contributed by atoms with Crippen LogP contribution in [0, 0.1) is 0 Å². The van der Waals surface area contributed by atoms with Gasteiger partial charge in [0.1, 0.15) is 5.60 Å². The van der Waals surface area contributed by atoms with E-state index in [2.05, 4.69) is 15.9 Å². The molecule has 1 heterocycles. The molecule has 1 aromatic carbocycles. The third-order valence-corrected chi connectivity index (χ3v) is 4.54. The molecule has 2 rings (SSSR count). The highest BCUT2D eigenvalue weighted by Gasteiger charge is 2.30. The molecule has 0 amide bonds. The third-order valence-electron chi connectivity index (χ3n) is 2.85. The second-order valence-electron chi connectivity index (χ2n) is 4.55. The van der Waals surface area contributed by atoms with Gasteiger partial charge in [-0.15, -0.1) is 11.3 Å². The second kappa shape index (κ2) is 5.45. The Labute approximate surface area is 123 Å². The fraction of sp³-hybridized carbons (Fsp3) is 0.214. The van der Waals surface area contributed by atoms with Crippen LogP contribution in [-0.4, -0.2) is 16.2 Å². The summed E-state index contributed by atoms with van der Waals surface area (Å²) in [6.07, 6.45) is 0.376. The Morgan fingerprint density at radius 1 is 1.32 bits per heavy atom. The van der Waals surface area contributed by atoms with E-state index in [1.165, 1.54) is 17.4 Å². The van der Waals surface area contributed by atoms with Crippen LogP contribution in [-0.2, 0) is 12.0 Å². The largest absolute Gasteiger partial charge is 0.478 e. The molecule has 0 radical (unpaired) electrons. The second-order valence-corrected chi connectivity index (χ2v) is 6.38. The molecule has 0 aliphatic carbocycles. The van der Waals surface area contributed by atoms with Crippen molar-refractivity contribution in [1.29, 1.82) is 0 Å². The molecular weight excluding hydrogens is 328 g/mol. The number of hydrogen-bond donors (Lipinski definition) is 2. The summed E-state index contributed by atoms with van der Waals surface area (Å²) in [7, 11) is 0. The van der Waals surface area contributed by atoms with Crippen LogP contribution in [0.3, 0.4) is 0 Å². The van der Waals surface area contributed by atoms with Crippen molar-refractivity contribution in [2.45, 2.75) is 18.9 Å². The van der Waals surface area contributed by atoms with E-state index < -0.39 is 11.6 Å². The molecular formula is C14H13BrO3S. The first-order valence-corrected chi connectivity index (χ1v) is 7.35. The standard InChI is InChI=1S/C14H13BrO3S/c1-14(18,8-9-2-4-10(15)5-3-9)12-11(13(16)17)6-7-19-12/h2-7,18H,8H2,1H3,(H,16,17). The van der Waals surface area contributed by atoms with E-state index in [1.54, 1.807) is 12.3 Å². The van der Waals surface area contributed by atoms with E-state index in [-0.39, 0.29) is 5.56 Å². The average Bonchev–Trinajstić information content (AvgIpc) is 2.82. The Kier molecular flexibility index (Phi) is 4.08. The van der Waals surface area contributed by atoms with E-state index in [0.29, 0.717) is 11.3 Å². The number of halogens is 1. The van der Waals surface area contributed by atoms with E-state index in [9.17, 15) is 9.90 Å². The van der Waals surface area contributed by atoms with Gasteiger partial charge in [-0.2, -0.15) is 0 Å². The number of thiophene rings is 1. The van der Waals surface area contributed by atoms with Gasteiger partial charge in [0.2, 0.25) is 0 Å². The molecule has 2 N–H and O–H groups in total. The summed E-state index contributed by atoms with van der Waals surface area (Å²) in [5.41, 5.74) is -0.0551. The maximum Gasteiger partial charge on any atom is 0.336 e. The molecule has 1 unspecified atom stereocenters. The minimum Gasteiger partial charge on any atom is -0.478 e. The van der Waals surface area contributed by atoms with E-state index in [0.717, 1.165) is 10.0 Å². The number of aromatic carboxylic acids is 1. The molecule has 2 aromatic rings. The monoisotopic (exact) mass is 340 g/mol. The molecule has 0 aliphatic rings. The first-order valence-electron chi connectivity index (χ1n) is 5.68. The molecule has 0 spiro atoms. The lowest BCUT2D eigenvalue weighted by Crippen LogP contribution is -2.25. The molecule has 5 heteroatoms. The van der Waals surface area contributed by atoms with Gasteiger partial charge in [0.25, 0.3) is 0 Å². The molecule has 0 saturated carbocycles. The van der Waals surface area contributed by atoms with Gasteiger partial charge in [0.15, 0.2) is 0 Å². The zero-order chi connectivity index (χ0) is 14.0. The van der Waals surface area contributed by atoms with Crippen LogP contribution in [0.2, 0.25) is 0 Å². The molecule has 1 aromatic heterocycles. The van der Waals surface area contributed by atoms with Gasteiger partial charge in [-0.25, -0.2) is 4.79 Å². The maximum atomic E-state index is 11.1. The van der Waals surface area contributed by atoms with Crippen molar-refractivity contribution >= 4 is 33.2 Å². The Morgan fingerprint density at radius 3 is 2.53 bits per heavy atom. The van der Waals surface area contributed by atoms with Crippen molar-refractivity contribution in [3.05, 3.63) is 56.2 Å². The summed E-state index contributed by atoms with van der Waals surface area (Å²) >= 11 is 4.62. The van der Waals surface area contributed by atoms with Crippen molar-refractivity contribution in [2.24, 2.45) is 0 Å². The summed E-state index contributed by atoms with van der Waals surface area (Å²) < 4.78 is 0.971. The van der Waals surface area contributed by atoms with Crippen LogP contribution >= 0.6 is 27.3 Å². The molecule has 100 valence electrons. The molecule has 0 aliphatic heterocycles. The first kappa shape index (κ1) is 14.2. The number of carbonyl (C=O) groups is 1. The highest BCUT2D eigenvalue weighted by molar-refractivity contribution is 9.10. The SMILES string of the molecule is CC(O)(Cc1ccc(Br)cc1)c1sccc1C(=O)O. The van der Waals surface area contributed by atoms with E-state index in [4.69, 9.17) is 5.11 Å². The van der Waals surface area contributed by atoms with Crippen molar-refractivity contribution in [3.8, 4) is 0 Å². The topological polar surface area (TPSA) is 57.5 Å². The van der Waals surface area contributed by atoms with Crippen LogP contribution in [0.15, 0.2) is 40.2 Å². The van der Waals surface area contributed by atoms with Gasteiger partial charge in [0, 0.05) is 10.9 Å². The lowest BCUT2D eigenvalue weighted by atomic mass is 9.93. The average molecular weight is 341 g/mol. The van der Waals surface area contributed by atoms with Gasteiger partial charge in [-0.1, -0.05) is 28.1 Å². The van der Waals surface area contributed by atoms with Crippen molar-refractivity contribution < 1.29 is 15.0 Å². The lowest BCUT2D eigenvalue weighted by Gasteiger charge is -2.23. The van der Waals surface area contributed by atoms with Gasteiger partial charge in [0.05, 0.1) is 10.4 Å². The highest BCUT2D eigenvalue weighted by atomic mass is 79.9. The Morgan fingerprint density at radius 2 is 1.95 bits per heavy atom. The van der Waals surface area contributed by atoms with Crippen LogP contribution < -0.4 is 0 Å². The number of rotatable bonds is 4. The van der Waals surface area contributed by atoms with Gasteiger partial charge in [-0.05, 0) is 36.1 Å². The Hall–Kier alpha value is -1.17. The van der Waals surface area contributed by atoms with Gasteiger partial charge < -0.3 is 10.2 Å². The van der Waals surface area contributed by atoms with Gasteiger partial charge in [-0.3, -0.25) is 0 Å². The third kappa shape index (κ3) is 3.23. The predicted molar refractivity (Wildman–Crippen MR) is 78.7 cm³/mol. The summed E-state index contributed by atoms with van der Waals surface area (Å²) in [6, 6.07) is 9.15. The zero-order valence-corrected chi connectivity index (χ0v) is 12.7. The Bertz CT molecular complexity index is 587. The quantitative estimate of drug-likeness (QED) is 0.892. The van der Waals surface area contributed by atoms with Crippen molar-refractivity contribution in [2.75, 3.05) is 0 Å². The summed E-state index contributed by atoms with van der Waals surface area (Å²) in [5, 5.41) is 21.4. The van der Waals surface area contributed by atoms with E-state index >= 15 is 0 Å².